The summed E-state index contributed by atoms with van der Waals surface area (Å²) < 4.78 is 32.4. The highest BCUT2D eigenvalue weighted by atomic mass is 32.2. The van der Waals surface area contributed by atoms with Crippen molar-refractivity contribution in [1.29, 1.82) is 0 Å². The van der Waals surface area contributed by atoms with Gasteiger partial charge < -0.3 is 14.9 Å². The normalized spacial score (nSPS) is 27.7. The number of nitrogens with zero attached hydrogens (tertiary/aromatic N) is 1. The first-order valence-corrected chi connectivity index (χ1v) is 9.40. The molecule has 3 rings (SSSR count). The summed E-state index contributed by atoms with van der Waals surface area (Å²) in [6.07, 6.45) is 1.18. The van der Waals surface area contributed by atoms with Crippen molar-refractivity contribution in [1.82, 2.24) is 4.31 Å². The Hall–Kier alpha value is -0.990. The van der Waals surface area contributed by atoms with Crippen molar-refractivity contribution >= 4 is 10.0 Å². The summed E-state index contributed by atoms with van der Waals surface area (Å²) in [7, 11) is -3.48. The fourth-order valence-electron chi connectivity index (χ4n) is 3.69. The Morgan fingerprint density at radius 2 is 1.87 bits per heavy atom. The van der Waals surface area contributed by atoms with E-state index in [4.69, 9.17) is 9.84 Å². The maximum atomic E-state index is 12.6. The van der Waals surface area contributed by atoms with Gasteiger partial charge in [0.2, 0.25) is 10.0 Å². The van der Waals surface area contributed by atoms with Crippen molar-refractivity contribution in [3.8, 4) is 0 Å². The van der Waals surface area contributed by atoms with Crippen LogP contribution in [-0.4, -0.2) is 61.4 Å². The van der Waals surface area contributed by atoms with Crippen LogP contribution in [0.1, 0.15) is 19.3 Å². The van der Waals surface area contributed by atoms with Crippen LogP contribution in [0.25, 0.3) is 0 Å². The summed E-state index contributed by atoms with van der Waals surface area (Å²) in [6.45, 7) is 0.975. The van der Waals surface area contributed by atoms with Gasteiger partial charge in [-0.15, -0.1) is 0 Å². The van der Waals surface area contributed by atoms with Crippen molar-refractivity contribution in [3.05, 3.63) is 30.3 Å². The van der Waals surface area contributed by atoms with Crippen LogP contribution < -0.4 is 0 Å². The molecule has 2 aliphatic rings. The first-order valence-electron chi connectivity index (χ1n) is 7.96. The lowest BCUT2D eigenvalue weighted by atomic mass is 9.58. The molecular weight excluding hydrogens is 318 g/mol. The van der Waals surface area contributed by atoms with Crippen LogP contribution in [-0.2, 0) is 14.8 Å². The summed E-state index contributed by atoms with van der Waals surface area (Å²) >= 11 is 0. The summed E-state index contributed by atoms with van der Waals surface area (Å²) in [6, 6.07) is 8.42. The number of hydrogen-bond donors (Lipinski definition) is 2. The average Bonchev–Trinajstić information content (AvgIpc) is 2.59. The minimum Gasteiger partial charge on any atom is -0.394 e. The van der Waals surface area contributed by atoms with Crippen LogP contribution >= 0.6 is 0 Å². The molecule has 128 valence electrons. The quantitative estimate of drug-likeness (QED) is 0.819. The van der Waals surface area contributed by atoms with E-state index in [2.05, 4.69) is 0 Å². The standard InChI is InChI=1S/C16H23NO5S/c18-10-11-22-15-12-14(19)16(15)6-8-17(9-7-16)23(20,21)13-4-2-1-3-5-13/h1-5,14-15,18-19H,6-12H2/t14-,15+/m1/s1. The van der Waals surface area contributed by atoms with Crippen LogP contribution in [0.2, 0.25) is 0 Å². The molecule has 0 bridgehead atoms. The summed E-state index contributed by atoms with van der Waals surface area (Å²) in [5.41, 5.74) is -0.363. The van der Waals surface area contributed by atoms with E-state index >= 15 is 0 Å². The molecule has 2 atom stereocenters. The highest BCUT2D eigenvalue weighted by molar-refractivity contribution is 7.89. The number of ether oxygens (including phenoxy) is 1. The third kappa shape index (κ3) is 2.92. The summed E-state index contributed by atoms with van der Waals surface area (Å²) in [5.74, 6) is 0. The van der Waals surface area contributed by atoms with E-state index in [9.17, 15) is 13.5 Å². The van der Waals surface area contributed by atoms with Gasteiger partial charge in [0.05, 0.1) is 30.3 Å². The number of rotatable bonds is 5. The van der Waals surface area contributed by atoms with Crippen molar-refractivity contribution in [2.24, 2.45) is 5.41 Å². The number of benzene rings is 1. The molecule has 2 fully saturated rings. The van der Waals surface area contributed by atoms with Gasteiger partial charge in [0.1, 0.15) is 0 Å². The zero-order valence-corrected chi connectivity index (χ0v) is 13.8. The van der Waals surface area contributed by atoms with Crippen molar-refractivity contribution in [3.63, 3.8) is 0 Å². The zero-order valence-electron chi connectivity index (χ0n) is 13.0. The van der Waals surface area contributed by atoms with Gasteiger partial charge in [-0.05, 0) is 25.0 Å². The lowest BCUT2D eigenvalue weighted by Crippen LogP contribution is -2.62. The number of aliphatic hydroxyl groups excluding tert-OH is 2. The number of sulfonamides is 1. The number of piperidine rings is 1. The Labute approximate surface area is 136 Å². The van der Waals surface area contributed by atoms with E-state index in [1.807, 2.05) is 0 Å². The predicted molar refractivity (Wildman–Crippen MR) is 84.3 cm³/mol. The summed E-state index contributed by atoms with van der Waals surface area (Å²) in [4.78, 5) is 0.304. The molecule has 0 aromatic heterocycles. The zero-order chi connectivity index (χ0) is 16.5. The predicted octanol–water partition coefficient (Wildman–Crippen LogP) is 0.600. The molecular formula is C16H23NO5S. The molecule has 7 heteroatoms. The van der Waals surface area contributed by atoms with Crippen molar-refractivity contribution in [2.45, 2.75) is 36.4 Å². The maximum Gasteiger partial charge on any atom is 0.243 e. The van der Waals surface area contributed by atoms with E-state index in [1.165, 1.54) is 4.31 Å². The van der Waals surface area contributed by atoms with E-state index < -0.39 is 16.1 Å². The van der Waals surface area contributed by atoms with Gasteiger partial charge in [0.25, 0.3) is 0 Å². The Balaban J connectivity index is 1.69. The molecule has 1 heterocycles. The molecule has 1 aromatic carbocycles. The molecule has 1 aliphatic carbocycles. The second-order valence-electron chi connectivity index (χ2n) is 6.28. The number of hydrogen-bond acceptors (Lipinski definition) is 5. The van der Waals surface area contributed by atoms with Crippen LogP contribution in [0.4, 0.5) is 0 Å². The molecule has 23 heavy (non-hydrogen) atoms. The second-order valence-corrected chi connectivity index (χ2v) is 8.22. The third-order valence-corrected chi connectivity index (χ3v) is 7.10. The lowest BCUT2D eigenvalue weighted by molar-refractivity contribution is -0.209. The van der Waals surface area contributed by atoms with E-state index in [0.717, 1.165) is 0 Å². The van der Waals surface area contributed by atoms with Crippen LogP contribution in [0, 0.1) is 5.41 Å². The Morgan fingerprint density at radius 1 is 1.22 bits per heavy atom. The molecule has 2 N–H and O–H groups in total. The van der Waals surface area contributed by atoms with Gasteiger partial charge in [-0.3, -0.25) is 0 Å². The molecule has 1 aliphatic heterocycles. The third-order valence-electron chi connectivity index (χ3n) is 5.19. The minimum atomic E-state index is -3.48. The molecule has 0 unspecified atom stereocenters. The van der Waals surface area contributed by atoms with Crippen LogP contribution in [0.3, 0.4) is 0 Å². The fourth-order valence-corrected chi connectivity index (χ4v) is 5.16. The van der Waals surface area contributed by atoms with Gasteiger partial charge in [-0.1, -0.05) is 18.2 Å². The molecule has 1 saturated carbocycles. The second kappa shape index (κ2) is 6.49. The highest BCUT2D eigenvalue weighted by Crippen LogP contribution is 2.51. The van der Waals surface area contributed by atoms with E-state index in [0.29, 0.717) is 37.2 Å². The van der Waals surface area contributed by atoms with Crippen molar-refractivity contribution in [2.75, 3.05) is 26.3 Å². The maximum absolute atomic E-state index is 12.6. The monoisotopic (exact) mass is 341 g/mol. The van der Waals surface area contributed by atoms with Gasteiger partial charge >= 0.3 is 0 Å². The molecule has 1 spiro atoms. The largest absolute Gasteiger partial charge is 0.394 e. The fraction of sp³-hybridized carbons (Fsp3) is 0.625. The molecule has 1 saturated heterocycles. The molecule has 6 nitrogen and oxygen atoms in total. The van der Waals surface area contributed by atoms with Gasteiger partial charge in [0.15, 0.2) is 0 Å². The van der Waals surface area contributed by atoms with Crippen LogP contribution in [0.5, 0.6) is 0 Å². The van der Waals surface area contributed by atoms with Gasteiger partial charge in [-0.25, -0.2) is 8.42 Å². The molecule has 0 amide bonds. The average molecular weight is 341 g/mol. The smallest absolute Gasteiger partial charge is 0.243 e. The minimum absolute atomic E-state index is 0.0445. The van der Waals surface area contributed by atoms with Crippen LogP contribution in [0.15, 0.2) is 35.2 Å². The molecule has 0 radical (unpaired) electrons. The highest BCUT2D eigenvalue weighted by Gasteiger charge is 2.56. The first-order chi connectivity index (χ1) is 11.0. The Morgan fingerprint density at radius 3 is 2.43 bits per heavy atom. The molecule has 1 aromatic rings. The Kier molecular flexibility index (Phi) is 4.75. The first kappa shape index (κ1) is 16.9. The van der Waals surface area contributed by atoms with Gasteiger partial charge in [-0.2, -0.15) is 4.31 Å². The van der Waals surface area contributed by atoms with E-state index in [1.54, 1.807) is 30.3 Å². The number of aliphatic hydroxyl groups is 2. The SMILES string of the molecule is O=S(=O)(c1ccccc1)N1CCC2(CC1)[C@H](O)C[C@@H]2OCCO. The van der Waals surface area contributed by atoms with Gasteiger partial charge in [0, 0.05) is 24.9 Å². The van der Waals surface area contributed by atoms with E-state index in [-0.39, 0.29) is 24.7 Å². The lowest BCUT2D eigenvalue weighted by Gasteiger charge is -2.56. The Bertz CT molecular complexity index is 625. The van der Waals surface area contributed by atoms with Crippen molar-refractivity contribution < 1.29 is 23.4 Å². The summed E-state index contributed by atoms with van der Waals surface area (Å²) in [5, 5.41) is 19.1. The topological polar surface area (TPSA) is 87.1 Å².